The van der Waals surface area contributed by atoms with Crippen molar-refractivity contribution < 1.29 is 9.90 Å². The molecule has 0 spiro atoms. The number of nitrogens with zero attached hydrogens (tertiary/aromatic N) is 1. The third kappa shape index (κ3) is 1.21. The zero-order valence-electron chi connectivity index (χ0n) is 7.29. The molecule has 0 saturated carbocycles. The second-order valence-corrected chi connectivity index (χ2v) is 3.96. The van der Waals surface area contributed by atoms with E-state index in [1.807, 2.05) is 0 Å². The zero-order valence-corrected chi connectivity index (χ0v) is 8.80. The quantitative estimate of drug-likeness (QED) is 0.743. The molecule has 0 aliphatic carbocycles. The minimum absolute atomic E-state index is 0.244. The Bertz CT molecular complexity index is 420. The van der Waals surface area contributed by atoms with E-state index >= 15 is 0 Å². The van der Waals surface area contributed by atoms with Crippen molar-refractivity contribution in [1.82, 2.24) is 4.90 Å². The Balaban J connectivity index is 2.65. The molecular weight excluding hydrogens is 225 g/mol. The van der Waals surface area contributed by atoms with Gasteiger partial charge < -0.3 is 10.0 Å². The van der Waals surface area contributed by atoms with Crippen LogP contribution >= 0.6 is 23.2 Å². The van der Waals surface area contributed by atoms with E-state index in [4.69, 9.17) is 23.2 Å². The summed E-state index contributed by atoms with van der Waals surface area (Å²) in [6, 6.07) is 3.00. The van der Waals surface area contributed by atoms with Crippen LogP contribution in [0.3, 0.4) is 0 Å². The number of halogens is 2. The van der Waals surface area contributed by atoms with E-state index in [0.717, 1.165) is 0 Å². The Hall–Kier alpha value is -0.770. The van der Waals surface area contributed by atoms with Gasteiger partial charge in [-0.25, -0.2) is 0 Å². The monoisotopic (exact) mass is 231 g/mol. The van der Waals surface area contributed by atoms with E-state index in [2.05, 4.69) is 0 Å². The second kappa shape index (κ2) is 3.12. The summed E-state index contributed by atoms with van der Waals surface area (Å²) in [4.78, 5) is 12.8. The van der Waals surface area contributed by atoms with Crippen LogP contribution in [0.5, 0.6) is 0 Å². The zero-order chi connectivity index (χ0) is 10.5. The summed E-state index contributed by atoms with van der Waals surface area (Å²) >= 11 is 11.5. The maximum Gasteiger partial charge on any atom is 0.256 e. The van der Waals surface area contributed by atoms with E-state index in [1.165, 1.54) is 24.1 Å². The first-order valence-corrected chi connectivity index (χ1v) is 4.72. The molecule has 1 aromatic carbocycles. The number of carbonyl (C=O) groups is 1. The molecule has 1 atom stereocenters. The summed E-state index contributed by atoms with van der Waals surface area (Å²) in [5, 5.41) is 10.3. The molecule has 0 fully saturated rings. The van der Waals surface area contributed by atoms with Crippen LogP contribution in [0.25, 0.3) is 0 Å². The number of aliphatic hydroxyl groups is 1. The number of rotatable bonds is 0. The molecule has 0 radical (unpaired) electrons. The number of hydrogen-bond acceptors (Lipinski definition) is 2. The number of benzene rings is 1. The third-order valence-corrected chi connectivity index (χ3v) is 3.01. The van der Waals surface area contributed by atoms with Gasteiger partial charge in [0.2, 0.25) is 0 Å². The van der Waals surface area contributed by atoms with Crippen LogP contribution in [0, 0.1) is 0 Å². The molecule has 3 nitrogen and oxygen atoms in total. The first-order valence-electron chi connectivity index (χ1n) is 3.96. The van der Waals surface area contributed by atoms with Gasteiger partial charge in [-0.2, -0.15) is 0 Å². The minimum atomic E-state index is -0.924. The van der Waals surface area contributed by atoms with Gasteiger partial charge in [0, 0.05) is 18.2 Å². The normalized spacial score (nSPS) is 20.1. The molecule has 1 aliphatic heterocycles. The molecular formula is C9H7Cl2NO2. The molecule has 2 rings (SSSR count). The van der Waals surface area contributed by atoms with Crippen LogP contribution in [0.2, 0.25) is 10.0 Å². The van der Waals surface area contributed by atoms with Crippen LogP contribution in [0.1, 0.15) is 22.1 Å². The largest absolute Gasteiger partial charge is 0.369 e. The van der Waals surface area contributed by atoms with Crippen molar-refractivity contribution in [2.24, 2.45) is 0 Å². The summed E-state index contributed by atoms with van der Waals surface area (Å²) in [6.45, 7) is 0. The Labute approximate surface area is 90.8 Å². The van der Waals surface area contributed by atoms with Crippen LogP contribution < -0.4 is 0 Å². The van der Waals surface area contributed by atoms with E-state index in [-0.39, 0.29) is 5.91 Å². The molecule has 1 heterocycles. The lowest BCUT2D eigenvalue weighted by atomic mass is 10.1. The molecule has 14 heavy (non-hydrogen) atoms. The molecule has 5 heteroatoms. The Morgan fingerprint density at radius 1 is 1.36 bits per heavy atom. The number of fused-ring (bicyclic) bond motifs is 1. The van der Waals surface area contributed by atoms with E-state index in [0.29, 0.717) is 21.2 Å². The van der Waals surface area contributed by atoms with Gasteiger partial charge in [-0.15, -0.1) is 0 Å². The lowest BCUT2D eigenvalue weighted by molar-refractivity contribution is 0.0302. The molecule has 1 unspecified atom stereocenters. The highest BCUT2D eigenvalue weighted by atomic mass is 35.5. The topological polar surface area (TPSA) is 40.5 Å². The van der Waals surface area contributed by atoms with Gasteiger partial charge in [0.05, 0.1) is 10.0 Å². The average molecular weight is 232 g/mol. The molecule has 0 bridgehead atoms. The van der Waals surface area contributed by atoms with Gasteiger partial charge in [0.15, 0.2) is 6.23 Å². The van der Waals surface area contributed by atoms with Crippen LogP contribution in [0.15, 0.2) is 12.1 Å². The Kier molecular flexibility index (Phi) is 2.18. The highest BCUT2D eigenvalue weighted by molar-refractivity contribution is 6.42. The fourth-order valence-electron chi connectivity index (χ4n) is 1.47. The lowest BCUT2D eigenvalue weighted by Crippen LogP contribution is -2.22. The van der Waals surface area contributed by atoms with Gasteiger partial charge in [-0.3, -0.25) is 4.79 Å². The Morgan fingerprint density at radius 3 is 2.57 bits per heavy atom. The predicted molar refractivity (Wildman–Crippen MR) is 53.5 cm³/mol. The number of hydrogen-bond donors (Lipinski definition) is 1. The molecule has 1 amide bonds. The maximum absolute atomic E-state index is 11.5. The number of amides is 1. The molecule has 1 aliphatic rings. The lowest BCUT2D eigenvalue weighted by Gasteiger charge is -2.13. The van der Waals surface area contributed by atoms with E-state index in [1.54, 1.807) is 0 Å². The predicted octanol–water partition coefficient (Wildman–Crippen LogP) is 2.07. The number of carbonyl (C=O) groups excluding carboxylic acids is 1. The van der Waals surface area contributed by atoms with Crippen molar-refractivity contribution >= 4 is 29.1 Å². The van der Waals surface area contributed by atoms with Gasteiger partial charge in [-0.05, 0) is 12.1 Å². The molecule has 1 aromatic rings. The van der Waals surface area contributed by atoms with Crippen LogP contribution in [-0.4, -0.2) is 23.0 Å². The van der Waals surface area contributed by atoms with Crippen molar-refractivity contribution in [2.45, 2.75) is 6.23 Å². The fourth-order valence-corrected chi connectivity index (χ4v) is 1.81. The second-order valence-electron chi connectivity index (χ2n) is 3.14. The van der Waals surface area contributed by atoms with Crippen molar-refractivity contribution in [3.05, 3.63) is 33.3 Å². The number of aliphatic hydroxyl groups excluding tert-OH is 1. The standard InChI is InChI=1S/C9H7Cl2NO2/c1-12-8(13)4-2-6(10)7(11)3-5(4)9(12)14/h2-3,8,13H,1H3. The van der Waals surface area contributed by atoms with Gasteiger partial charge in [-0.1, -0.05) is 23.2 Å². The first-order chi connectivity index (χ1) is 6.52. The third-order valence-electron chi connectivity index (χ3n) is 2.29. The SMILES string of the molecule is CN1C(=O)c2cc(Cl)c(Cl)cc2C1O. The van der Waals surface area contributed by atoms with Crippen LogP contribution in [-0.2, 0) is 0 Å². The first kappa shape index (κ1) is 9.77. The van der Waals surface area contributed by atoms with E-state index in [9.17, 15) is 9.90 Å². The van der Waals surface area contributed by atoms with Crippen molar-refractivity contribution in [2.75, 3.05) is 7.05 Å². The van der Waals surface area contributed by atoms with Crippen molar-refractivity contribution in [3.8, 4) is 0 Å². The minimum Gasteiger partial charge on any atom is -0.369 e. The smallest absolute Gasteiger partial charge is 0.256 e. The van der Waals surface area contributed by atoms with Gasteiger partial charge in [0.25, 0.3) is 5.91 Å². The Morgan fingerprint density at radius 2 is 1.93 bits per heavy atom. The highest BCUT2D eigenvalue weighted by Gasteiger charge is 2.33. The molecule has 1 N–H and O–H groups in total. The molecule has 0 aromatic heterocycles. The highest BCUT2D eigenvalue weighted by Crippen LogP contribution is 2.35. The molecule has 74 valence electrons. The van der Waals surface area contributed by atoms with Crippen LogP contribution in [0.4, 0.5) is 0 Å². The summed E-state index contributed by atoms with van der Waals surface area (Å²) in [5.74, 6) is -0.244. The van der Waals surface area contributed by atoms with Gasteiger partial charge >= 0.3 is 0 Å². The fraction of sp³-hybridized carbons (Fsp3) is 0.222. The summed E-state index contributed by atoms with van der Waals surface area (Å²) < 4.78 is 0. The average Bonchev–Trinajstić information content (AvgIpc) is 2.34. The van der Waals surface area contributed by atoms with Crippen molar-refractivity contribution in [3.63, 3.8) is 0 Å². The maximum atomic E-state index is 11.5. The summed E-state index contributed by atoms with van der Waals surface area (Å²) in [6.07, 6.45) is -0.924. The summed E-state index contributed by atoms with van der Waals surface area (Å²) in [7, 11) is 1.52. The molecule has 0 saturated heterocycles. The summed E-state index contributed by atoms with van der Waals surface area (Å²) in [5.41, 5.74) is 0.918. The van der Waals surface area contributed by atoms with Crippen molar-refractivity contribution in [1.29, 1.82) is 0 Å². The van der Waals surface area contributed by atoms with E-state index < -0.39 is 6.23 Å². The van der Waals surface area contributed by atoms with Gasteiger partial charge in [0.1, 0.15) is 0 Å².